The molecule has 0 radical (unpaired) electrons. The largest absolute Gasteiger partial charge is 0.394 e. The zero-order valence-electron chi connectivity index (χ0n) is 38.8. The number of amides is 1. The lowest BCUT2D eigenvalue weighted by atomic mass is 9.44. The highest BCUT2D eigenvalue weighted by atomic mass is 16.8. The Morgan fingerprint density at radius 3 is 2.12 bits per heavy atom. The van der Waals surface area contributed by atoms with Crippen molar-refractivity contribution in [3.05, 3.63) is 0 Å². The van der Waals surface area contributed by atoms with E-state index in [2.05, 4.69) is 33.0 Å². The molecule has 9 fully saturated rings. The van der Waals surface area contributed by atoms with Crippen LogP contribution in [0.1, 0.15) is 106 Å². The maximum Gasteiger partial charge on any atom is 0.217 e. The van der Waals surface area contributed by atoms with Gasteiger partial charge in [-0.05, 0) is 111 Å². The van der Waals surface area contributed by atoms with E-state index in [1.54, 1.807) is 0 Å². The number of aliphatic hydroxyl groups excluding tert-OH is 8. The van der Waals surface area contributed by atoms with Crippen molar-refractivity contribution in [3.8, 4) is 0 Å². The Balaban J connectivity index is 0.900. The van der Waals surface area contributed by atoms with E-state index in [1.807, 2.05) is 0 Å². The number of carbonyl (C=O) groups excluding carboxylic acids is 1. The van der Waals surface area contributed by atoms with Crippen LogP contribution in [0.4, 0.5) is 0 Å². The van der Waals surface area contributed by atoms with Crippen molar-refractivity contribution in [2.75, 3.05) is 19.8 Å². The lowest BCUT2D eigenvalue weighted by molar-refractivity contribution is -0.359. The molecule has 5 heterocycles. The maximum atomic E-state index is 12.7. The van der Waals surface area contributed by atoms with Crippen LogP contribution in [0, 0.1) is 52.3 Å². The van der Waals surface area contributed by atoms with Gasteiger partial charge in [-0.3, -0.25) is 4.79 Å². The number of aliphatic hydroxyl groups is 8. The number of hydrogen-bond acceptors (Lipinski definition) is 17. The van der Waals surface area contributed by atoms with Crippen molar-refractivity contribution < 1.29 is 83.5 Å². The maximum absolute atomic E-state index is 12.7. The van der Waals surface area contributed by atoms with Gasteiger partial charge in [0.2, 0.25) is 5.91 Å². The number of hydrogen-bond donors (Lipinski definition) is 9. The second kappa shape index (κ2) is 18.5. The third kappa shape index (κ3) is 8.45. The minimum absolute atomic E-state index is 0.110. The number of fused-ring (bicyclic) bond motifs is 7. The van der Waals surface area contributed by atoms with E-state index in [-0.39, 0.29) is 23.0 Å². The molecule has 65 heavy (non-hydrogen) atoms. The molecule has 0 aromatic rings. The molecule has 9 N–H and O–H groups in total. The normalized spacial score (nSPS) is 56.6. The summed E-state index contributed by atoms with van der Waals surface area (Å²) in [5.41, 5.74) is 0.326. The van der Waals surface area contributed by atoms with E-state index in [0.717, 1.165) is 58.0 Å². The average molecular weight is 928 g/mol. The lowest BCUT2D eigenvalue weighted by Gasteiger charge is -2.61. The third-order valence-electron chi connectivity index (χ3n) is 18.6. The molecule has 5 saturated heterocycles. The summed E-state index contributed by atoms with van der Waals surface area (Å²) < 4.78 is 50.2. The first-order valence-electron chi connectivity index (χ1n) is 24.6. The van der Waals surface area contributed by atoms with E-state index in [4.69, 9.17) is 37.9 Å². The molecule has 9 rings (SSSR count). The van der Waals surface area contributed by atoms with Crippen LogP contribution in [0.15, 0.2) is 0 Å². The second-order valence-corrected chi connectivity index (χ2v) is 22.3. The first-order valence-corrected chi connectivity index (χ1v) is 24.6. The fraction of sp³-hybridized carbons (Fsp3) is 0.979. The van der Waals surface area contributed by atoms with Crippen LogP contribution >= 0.6 is 0 Å². The molecular formula is C47H77NO17. The predicted octanol–water partition coefficient (Wildman–Crippen LogP) is 0.438. The van der Waals surface area contributed by atoms with Crippen molar-refractivity contribution in [1.82, 2.24) is 5.32 Å². The van der Waals surface area contributed by atoms with E-state index >= 15 is 0 Å². The third-order valence-corrected chi connectivity index (χ3v) is 18.6. The summed E-state index contributed by atoms with van der Waals surface area (Å²) in [6.45, 7) is 12.1. The topological polar surface area (TPSA) is 265 Å². The van der Waals surface area contributed by atoms with Crippen LogP contribution in [0.2, 0.25) is 0 Å². The summed E-state index contributed by atoms with van der Waals surface area (Å²) in [7, 11) is 0. The molecule has 0 bridgehead atoms. The molecule has 5 aliphatic heterocycles. The Bertz CT molecular complexity index is 1670. The van der Waals surface area contributed by atoms with Crippen molar-refractivity contribution in [2.24, 2.45) is 52.3 Å². The molecule has 0 aromatic carbocycles. The molecule has 0 aromatic heterocycles. The van der Waals surface area contributed by atoms with E-state index in [0.29, 0.717) is 41.4 Å². The molecule has 1 spiro atoms. The van der Waals surface area contributed by atoms with Crippen LogP contribution in [0.3, 0.4) is 0 Å². The Morgan fingerprint density at radius 1 is 0.708 bits per heavy atom. The fourth-order valence-electron chi connectivity index (χ4n) is 15.0. The van der Waals surface area contributed by atoms with Gasteiger partial charge in [0.25, 0.3) is 0 Å². The van der Waals surface area contributed by atoms with Gasteiger partial charge < -0.3 is 84.1 Å². The number of nitrogens with one attached hydrogen (secondary N) is 1. The minimum atomic E-state index is -1.82. The Labute approximate surface area is 381 Å². The van der Waals surface area contributed by atoms with Gasteiger partial charge in [0.05, 0.1) is 38.1 Å². The molecule has 4 aliphatic carbocycles. The lowest BCUT2D eigenvalue weighted by Crippen LogP contribution is -2.68. The van der Waals surface area contributed by atoms with Gasteiger partial charge in [0, 0.05) is 19.3 Å². The fourth-order valence-corrected chi connectivity index (χ4v) is 15.0. The minimum Gasteiger partial charge on any atom is -0.394 e. The van der Waals surface area contributed by atoms with E-state index in [9.17, 15) is 45.6 Å². The SMILES string of the molecule is CC(=O)N[C@H]1[C@H](O[C@H]2CC[C@@]3(C)[C@@H](CC[C@@H]4[C@@H]3CC[C@]3(C)[C@@H]5[C@H](C[C@@H]43)O[C@]3(CC[C@@H](C)CO3)[C@H]5C)C2)O[C@H](CO[C@@H]2O[C@@H](C)[C@H](O)[C@@H](O)[C@H]2O)[C@@H](O[C@@H]2O[C@H](CO)[C@H](O)[C@H](O)[C@H]2O)[C@@H]1O. The van der Waals surface area contributed by atoms with Crippen molar-refractivity contribution in [1.29, 1.82) is 0 Å². The van der Waals surface area contributed by atoms with Crippen molar-refractivity contribution in [3.63, 3.8) is 0 Å². The predicted molar refractivity (Wildman–Crippen MR) is 226 cm³/mol. The van der Waals surface area contributed by atoms with Crippen LogP contribution < -0.4 is 5.32 Å². The standard InChI is InChI=1S/C47H77NO17/c1-20-9-14-47(59-18-20)21(2)32-29(65-47)16-28-26-8-7-24-15-25(10-12-45(24,5)27(26)11-13-46(28,32)6)61-42-33(48-23(4)50)36(53)41(64-44-40(57)38(55)35(52)30(17-49)62-44)31(63-42)19-58-43-39(56)37(54)34(51)22(3)60-43/h20-22,24-44,49,51-57H,7-19H2,1-6H3,(H,48,50)/t20-,21+,22+,24+,25+,26-,27+,28+,29+,30-,31-,32+,33-,34+,35+,36-,37-,38+,39-,40-,41-,42-,43-,44+,45+,46+,47-/m1/s1. The van der Waals surface area contributed by atoms with Crippen LogP contribution in [0.5, 0.6) is 0 Å². The first kappa shape index (κ1) is 48.8. The molecule has 18 heteroatoms. The van der Waals surface area contributed by atoms with Crippen LogP contribution in [-0.4, -0.2) is 177 Å². The summed E-state index contributed by atoms with van der Waals surface area (Å²) in [6.07, 6.45) is -10.5. The first-order chi connectivity index (χ1) is 30.8. The highest BCUT2D eigenvalue weighted by Crippen LogP contribution is 2.71. The zero-order valence-corrected chi connectivity index (χ0v) is 38.8. The smallest absolute Gasteiger partial charge is 0.217 e. The summed E-state index contributed by atoms with van der Waals surface area (Å²) in [5.74, 6) is 2.70. The van der Waals surface area contributed by atoms with E-state index < -0.39 is 117 Å². The van der Waals surface area contributed by atoms with Gasteiger partial charge in [0.15, 0.2) is 24.7 Å². The van der Waals surface area contributed by atoms with Crippen LogP contribution in [0.25, 0.3) is 0 Å². The summed E-state index contributed by atoms with van der Waals surface area (Å²) in [4.78, 5) is 12.7. The van der Waals surface area contributed by atoms with Crippen molar-refractivity contribution in [2.45, 2.75) is 216 Å². The molecule has 4 saturated carbocycles. The number of carbonyl (C=O) groups is 1. The zero-order chi connectivity index (χ0) is 46.5. The van der Waals surface area contributed by atoms with Crippen LogP contribution in [-0.2, 0) is 42.7 Å². The second-order valence-electron chi connectivity index (χ2n) is 22.3. The summed E-state index contributed by atoms with van der Waals surface area (Å²) in [5, 5.41) is 88.1. The molecule has 372 valence electrons. The Morgan fingerprint density at radius 2 is 1.42 bits per heavy atom. The molecular weight excluding hydrogens is 851 g/mol. The quantitative estimate of drug-likeness (QED) is 0.142. The highest BCUT2D eigenvalue weighted by Gasteiger charge is 2.69. The van der Waals surface area contributed by atoms with Gasteiger partial charge in [-0.15, -0.1) is 0 Å². The van der Waals surface area contributed by atoms with Crippen molar-refractivity contribution >= 4 is 5.91 Å². The number of rotatable bonds is 9. The Kier molecular flexibility index (Phi) is 13.9. The summed E-state index contributed by atoms with van der Waals surface area (Å²) >= 11 is 0. The molecule has 1 amide bonds. The molecule has 27 atom stereocenters. The van der Waals surface area contributed by atoms with Gasteiger partial charge in [-0.1, -0.05) is 27.7 Å². The van der Waals surface area contributed by atoms with Gasteiger partial charge >= 0.3 is 0 Å². The van der Waals surface area contributed by atoms with Gasteiger partial charge in [-0.25, -0.2) is 0 Å². The Hall–Kier alpha value is -1.17. The number of ether oxygens (including phenoxy) is 8. The molecule has 18 nitrogen and oxygen atoms in total. The molecule has 9 aliphatic rings. The highest BCUT2D eigenvalue weighted by molar-refractivity contribution is 5.73. The summed E-state index contributed by atoms with van der Waals surface area (Å²) in [6, 6.07) is -1.19. The monoisotopic (exact) mass is 928 g/mol. The van der Waals surface area contributed by atoms with E-state index in [1.165, 1.54) is 26.7 Å². The van der Waals surface area contributed by atoms with Gasteiger partial charge in [0.1, 0.15) is 67.1 Å². The van der Waals surface area contributed by atoms with Gasteiger partial charge in [-0.2, -0.15) is 0 Å². The molecule has 0 unspecified atom stereocenters. The average Bonchev–Trinajstić information content (AvgIpc) is 3.72.